The Balaban J connectivity index is 1.90. The number of hydrogen-bond acceptors (Lipinski definition) is 5. The van der Waals surface area contributed by atoms with Gasteiger partial charge in [0.05, 0.1) is 4.92 Å². The molecule has 0 unspecified atom stereocenters. The molecule has 1 N–H and O–H groups in total. The van der Waals surface area contributed by atoms with E-state index < -0.39 is 4.92 Å². The molecule has 26 heavy (non-hydrogen) atoms. The van der Waals surface area contributed by atoms with Crippen LogP contribution in [0, 0.1) is 10.1 Å². The van der Waals surface area contributed by atoms with Crippen molar-refractivity contribution in [2.75, 3.05) is 27.2 Å². The number of aromatic amines is 1. The van der Waals surface area contributed by atoms with Gasteiger partial charge in [-0.05, 0) is 32.3 Å². The lowest BCUT2D eigenvalue weighted by molar-refractivity contribution is -0.384. The second-order valence-electron chi connectivity index (χ2n) is 6.20. The third-order valence-electron chi connectivity index (χ3n) is 4.02. The number of carbonyl (C=O) groups is 1. The van der Waals surface area contributed by atoms with Crippen molar-refractivity contribution in [1.82, 2.24) is 9.88 Å². The zero-order valence-corrected chi connectivity index (χ0v) is 14.6. The van der Waals surface area contributed by atoms with Crippen molar-refractivity contribution in [2.24, 2.45) is 0 Å². The van der Waals surface area contributed by atoms with Crippen LogP contribution in [0.1, 0.15) is 15.9 Å². The number of nitro benzene ring substituents is 1. The van der Waals surface area contributed by atoms with E-state index in [1.165, 1.54) is 18.2 Å². The van der Waals surface area contributed by atoms with E-state index in [1.807, 2.05) is 37.2 Å². The Morgan fingerprint density at radius 2 is 2.04 bits per heavy atom. The van der Waals surface area contributed by atoms with Crippen LogP contribution in [-0.2, 0) is 0 Å². The molecule has 0 radical (unpaired) electrons. The summed E-state index contributed by atoms with van der Waals surface area (Å²) >= 11 is 0. The van der Waals surface area contributed by atoms with Crippen LogP contribution in [0.15, 0.2) is 48.7 Å². The minimum Gasteiger partial charge on any atom is -0.492 e. The van der Waals surface area contributed by atoms with E-state index in [-0.39, 0.29) is 17.0 Å². The number of non-ortho nitro benzene ring substituents is 1. The Bertz CT molecular complexity index is 962. The number of fused-ring (bicyclic) bond motifs is 1. The molecule has 0 bridgehead atoms. The topological polar surface area (TPSA) is 88.5 Å². The van der Waals surface area contributed by atoms with Crippen LogP contribution in [0.5, 0.6) is 5.75 Å². The van der Waals surface area contributed by atoms with Gasteiger partial charge in [0.2, 0.25) is 0 Å². The van der Waals surface area contributed by atoms with Crippen LogP contribution < -0.4 is 4.74 Å². The van der Waals surface area contributed by atoms with E-state index in [0.29, 0.717) is 17.9 Å². The zero-order chi connectivity index (χ0) is 18.7. The molecule has 134 valence electrons. The van der Waals surface area contributed by atoms with Crippen LogP contribution in [0.2, 0.25) is 0 Å². The summed E-state index contributed by atoms with van der Waals surface area (Å²) in [6.07, 6.45) is 1.62. The highest BCUT2D eigenvalue weighted by Crippen LogP contribution is 2.26. The fourth-order valence-electron chi connectivity index (χ4n) is 2.64. The highest BCUT2D eigenvalue weighted by atomic mass is 16.6. The maximum absolute atomic E-state index is 12.8. The Kier molecular flexibility index (Phi) is 4.99. The molecule has 2 aromatic carbocycles. The van der Waals surface area contributed by atoms with Gasteiger partial charge in [0.1, 0.15) is 12.4 Å². The van der Waals surface area contributed by atoms with Crippen LogP contribution >= 0.6 is 0 Å². The lowest BCUT2D eigenvalue weighted by atomic mass is 10.0. The van der Waals surface area contributed by atoms with Gasteiger partial charge in [-0.15, -0.1) is 0 Å². The zero-order valence-electron chi connectivity index (χ0n) is 14.6. The van der Waals surface area contributed by atoms with Gasteiger partial charge < -0.3 is 14.6 Å². The smallest absolute Gasteiger partial charge is 0.270 e. The Hall–Kier alpha value is -3.19. The Morgan fingerprint density at radius 1 is 1.23 bits per heavy atom. The van der Waals surface area contributed by atoms with Crippen molar-refractivity contribution in [3.63, 3.8) is 0 Å². The number of aromatic nitrogens is 1. The minimum absolute atomic E-state index is 0.108. The van der Waals surface area contributed by atoms with Gasteiger partial charge in [-0.1, -0.05) is 12.1 Å². The number of nitrogens with one attached hydrogen (secondary N) is 1. The molecule has 0 amide bonds. The molecule has 0 fully saturated rings. The minimum atomic E-state index is -0.511. The first kappa shape index (κ1) is 17.6. The molecule has 1 heterocycles. The molecule has 7 nitrogen and oxygen atoms in total. The monoisotopic (exact) mass is 353 g/mol. The van der Waals surface area contributed by atoms with E-state index >= 15 is 0 Å². The summed E-state index contributed by atoms with van der Waals surface area (Å²) in [6.45, 7) is 1.32. The number of benzene rings is 2. The first-order valence-electron chi connectivity index (χ1n) is 8.13. The largest absolute Gasteiger partial charge is 0.492 e. The summed E-state index contributed by atoms with van der Waals surface area (Å²) in [5, 5.41) is 11.7. The standard InChI is InChI=1S/C19H19N3O4/c1-21(2)8-9-26-15-6-7-18-16(11-15)17(12-20-18)19(23)13-4-3-5-14(10-13)22(24)25/h3-7,10-12,20H,8-9H2,1-2H3. The van der Waals surface area contributed by atoms with Gasteiger partial charge in [0.15, 0.2) is 5.78 Å². The van der Waals surface area contributed by atoms with E-state index in [4.69, 9.17) is 4.74 Å². The maximum Gasteiger partial charge on any atom is 0.270 e. The summed E-state index contributed by atoms with van der Waals surface area (Å²) < 4.78 is 5.73. The number of nitrogens with zero attached hydrogens (tertiary/aromatic N) is 2. The molecule has 7 heteroatoms. The van der Waals surface area contributed by atoms with Crippen molar-refractivity contribution >= 4 is 22.4 Å². The highest BCUT2D eigenvalue weighted by Gasteiger charge is 2.17. The number of carbonyl (C=O) groups excluding carboxylic acids is 1. The molecule has 1 aromatic heterocycles. The van der Waals surface area contributed by atoms with Gasteiger partial charge in [0.25, 0.3) is 5.69 Å². The summed E-state index contributed by atoms with van der Waals surface area (Å²) in [6, 6.07) is 11.2. The summed E-state index contributed by atoms with van der Waals surface area (Å²) in [5.41, 5.74) is 1.43. The summed E-state index contributed by atoms with van der Waals surface area (Å²) in [7, 11) is 3.93. The number of nitro groups is 1. The lowest BCUT2D eigenvalue weighted by Gasteiger charge is -2.11. The average molecular weight is 353 g/mol. The second kappa shape index (κ2) is 7.37. The average Bonchev–Trinajstić information content (AvgIpc) is 3.04. The van der Waals surface area contributed by atoms with Gasteiger partial charge in [-0.2, -0.15) is 0 Å². The number of hydrogen-bond donors (Lipinski definition) is 1. The molecule has 0 aliphatic heterocycles. The second-order valence-corrected chi connectivity index (χ2v) is 6.20. The van der Waals surface area contributed by atoms with Crippen molar-refractivity contribution in [1.29, 1.82) is 0 Å². The van der Waals surface area contributed by atoms with Crippen molar-refractivity contribution < 1.29 is 14.5 Å². The van der Waals surface area contributed by atoms with Crippen LogP contribution in [0.4, 0.5) is 5.69 Å². The van der Waals surface area contributed by atoms with E-state index in [1.54, 1.807) is 12.3 Å². The van der Waals surface area contributed by atoms with Crippen LogP contribution in [0.25, 0.3) is 10.9 Å². The molecule has 3 aromatic rings. The molecule has 3 rings (SSSR count). The fraction of sp³-hybridized carbons (Fsp3) is 0.211. The van der Waals surface area contributed by atoms with E-state index in [0.717, 1.165) is 17.4 Å². The SMILES string of the molecule is CN(C)CCOc1ccc2[nH]cc(C(=O)c3cccc([N+](=O)[O-])c3)c2c1. The predicted octanol–water partition coefficient (Wildman–Crippen LogP) is 3.25. The molecule has 0 saturated heterocycles. The molecular weight excluding hydrogens is 334 g/mol. The molecule has 0 atom stereocenters. The first-order chi connectivity index (χ1) is 12.5. The lowest BCUT2D eigenvalue weighted by Crippen LogP contribution is -2.19. The molecule has 0 saturated carbocycles. The number of likely N-dealkylation sites (N-methyl/N-ethyl adjacent to an activating group) is 1. The number of ketones is 1. The van der Waals surface area contributed by atoms with Gasteiger partial charge in [-0.3, -0.25) is 14.9 Å². The van der Waals surface area contributed by atoms with Crippen molar-refractivity contribution in [3.8, 4) is 5.75 Å². The third-order valence-corrected chi connectivity index (χ3v) is 4.02. The fourth-order valence-corrected chi connectivity index (χ4v) is 2.64. The van der Waals surface area contributed by atoms with E-state index in [9.17, 15) is 14.9 Å². The molecule has 0 aliphatic rings. The van der Waals surface area contributed by atoms with Gasteiger partial charge in [0, 0.05) is 46.9 Å². The Labute approximate surface area is 150 Å². The van der Waals surface area contributed by atoms with Gasteiger partial charge >= 0.3 is 0 Å². The van der Waals surface area contributed by atoms with Crippen molar-refractivity contribution in [2.45, 2.75) is 0 Å². The normalized spacial score (nSPS) is 11.0. The number of ether oxygens (including phenoxy) is 1. The maximum atomic E-state index is 12.8. The predicted molar refractivity (Wildman–Crippen MR) is 98.9 cm³/mol. The van der Waals surface area contributed by atoms with E-state index in [2.05, 4.69) is 4.98 Å². The number of rotatable bonds is 7. The van der Waals surface area contributed by atoms with Gasteiger partial charge in [-0.25, -0.2) is 0 Å². The Morgan fingerprint density at radius 3 is 2.77 bits per heavy atom. The first-order valence-corrected chi connectivity index (χ1v) is 8.13. The molecule has 0 aliphatic carbocycles. The third kappa shape index (κ3) is 3.73. The quantitative estimate of drug-likeness (QED) is 0.400. The molecule has 0 spiro atoms. The van der Waals surface area contributed by atoms with Crippen molar-refractivity contribution in [3.05, 3.63) is 69.9 Å². The van der Waals surface area contributed by atoms with Crippen LogP contribution in [-0.4, -0.2) is 47.8 Å². The summed E-state index contributed by atoms with van der Waals surface area (Å²) in [5.74, 6) is 0.400. The number of H-pyrrole nitrogens is 1. The highest BCUT2D eigenvalue weighted by molar-refractivity contribution is 6.16. The van der Waals surface area contributed by atoms with Crippen LogP contribution in [0.3, 0.4) is 0 Å². The summed E-state index contributed by atoms with van der Waals surface area (Å²) in [4.78, 5) is 28.3. The molecular formula is C19H19N3O4.